The Bertz CT molecular complexity index is 887. The molecule has 1 aliphatic rings. The number of imidazole rings is 1. The molecule has 118 valence electrons. The van der Waals surface area contributed by atoms with Crippen LogP contribution in [-0.2, 0) is 6.54 Å². The molecular formula is C17H14ClFN2O2. The van der Waals surface area contributed by atoms with Gasteiger partial charge in [-0.2, -0.15) is 0 Å². The summed E-state index contributed by atoms with van der Waals surface area (Å²) in [5.74, 6) is 1.83. The lowest BCUT2D eigenvalue weighted by Crippen LogP contribution is -2.15. The van der Waals surface area contributed by atoms with Crippen LogP contribution in [0, 0.1) is 12.7 Å². The SMILES string of the molecule is Cc1nc2cc3c(cc2n1Cc1c(F)cccc1Cl)OCCO3. The van der Waals surface area contributed by atoms with E-state index in [1.165, 1.54) is 6.07 Å². The highest BCUT2D eigenvalue weighted by Gasteiger charge is 2.18. The van der Waals surface area contributed by atoms with Gasteiger partial charge < -0.3 is 14.0 Å². The predicted molar refractivity (Wildman–Crippen MR) is 86.0 cm³/mol. The molecule has 0 bridgehead atoms. The maximum absolute atomic E-state index is 14.1. The van der Waals surface area contributed by atoms with Gasteiger partial charge in [-0.05, 0) is 19.1 Å². The lowest BCUT2D eigenvalue weighted by molar-refractivity contribution is 0.172. The Morgan fingerprint density at radius 3 is 2.70 bits per heavy atom. The minimum Gasteiger partial charge on any atom is -0.486 e. The first-order valence-electron chi connectivity index (χ1n) is 7.33. The van der Waals surface area contributed by atoms with Crippen molar-refractivity contribution in [1.29, 1.82) is 0 Å². The molecule has 0 atom stereocenters. The summed E-state index contributed by atoms with van der Waals surface area (Å²) >= 11 is 6.15. The van der Waals surface area contributed by atoms with E-state index in [9.17, 15) is 4.39 Å². The Labute approximate surface area is 137 Å². The van der Waals surface area contributed by atoms with E-state index in [1.807, 2.05) is 23.6 Å². The second-order valence-electron chi connectivity index (χ2n) is 5.43. The molecule has 0 spiro atoms. The molecule has 0 amide bonds. The van der Waals surface area contributed by atoms with Crippen molar-refractivity contribution in [3.05, 3.63) is 52.6 Å². The van der Waals surface area contributed by atoms with E-state index in [-0.39, 0.29) is 5.82 Å². The first-order chi connectivity index (χ1) is 11.1. The van der Waals surface area contributed by atoms with Gasteiger partial charge in [0.1, 0.15) is 24.9 Å². The minimum absolute atomic E-state index is 0.313. The fourth-order valence-electron chi connectivity index (χ4n) is 2.82. The Morgan fingerprint density at radius 1 is 1.22 bits per heavy atom. The number of ether oxygens (including phenoxy) is 2. The van der Waals surface area contributed by atoms with Gasteiger partial charge in [-0.15, -0.1) is 0 Å². The maximum Gasteiger partial charge on any atom is 0.163 e. The highest BCUT2D eigenvalue weighted by Crippen LogP contribution is 2.35. The van der Waals surface area contributed by atoms with Crippen LogP contribution in [0.2, 0.25) is 5.02 Å². The number of aromatic nitrogens is 2. The van der Waals surface area contributed by atoms with Crippen molar-refractivity contribution in [2.24, 2.45) is 0 Å². The molecule has 23 heavy (non-hydrogen) atoms. The average molecular weight is 333 g/mol. The minimum atomic E-state index is -0.323. The van der Waals surface area contributed by atoms with Crippen LogP contribution < -0.4 is 9.47 Å². The molecule has 3 aromatic rings. The molecule has 6 heteroatoms. The van der Waals surface area contributed by atoms with Crippen LogP contribution in [-0.4, -0.2) is 22.8 Å². The van der Waals surface area contributed by atoms with Crippen LogP contribution in [0.4, 0.5) is 4.39 Å². The van der Waals surface area contributed by atoms with Crippen molar-refractivity contribution in [2.75, 3.05) is 13.2 Å². The monoisotopic (exact) mass is 332 g/mol. The molecule has 0 fully saturated rings. The molecular weight excluding hydrogens is 319 g/mol. The lowest BCUT2D eigenvalue weighted by Gasteiger charge is -2.18. The predicted octanol–water partition coefficient (Wildman–Crippen LogP) is 3.96. The second kappa shape index (κ2) is 5.42. The van der Waals surface area contributed by atoms with Crippen LogP contribution in [0.1, 0.15) is 11.4 Å². The third kappa shape index (κ3) is 2.41. The third-order valence-corrected chi connectivity index (χ3v) is 4.34. The van der Waals surface area contributed by atoms with Gasteiger partial charge in [-0.1, -0.05) is 17.7 Å². The zero-order chi connectivity index (χ0) is 16.0. The summed E-state index contributed by atoms with van der Waals surface area (Å²) in [4.78, 5) is 4.54. The van der Waals surface area contributed by atoms with E-state index in [1.54, 1.807) is 12.1 Å². The summed E-state index contributed by atoms with van der Waals surface area (Å²) in [7, 11) is 0. The number of fused-ring (bicyclic) bond motifs is 2. The molecule has 1 aromatic heterocycles. The van der Waals surface area contributed by atoms with Crippen LogP contribution in [0.3, 0.4) is 0 Å². The molecule has 0 aliphatic carbocycles. The number of hydrogen-bond acceptors (Lipinski definition) is 3. The highest BCUT2D eigenvalue weighted by atomic mass is 35.5. The van der Waals surface area contributed by atoms with E-state index in [2.05, 4.69) is 4.98 Å². The summed E-state index contributed by atoms with van der Waals surface area (Å²) in [6, 6.07) is 8.44. The van der Waals surface area contributed by atoms with E-state index in [0.29, 0.717) is 41.8 Å². The van der Waals surface area contributed by atoms with Crippen molar-refractivity contribution < 1.29 is 13.9 Å². The molecule has 0 N–H and O–H groups in total. The van der Waals surface area contributed by atoms with Crippen LogP contribution in [0.25, 0.3) is 11.0 Å². The largest absolute Gasteiger partial charge is 0.486 e. The first kappa shape index (κ1) is 14.3. The molecule has 0 saturated heterocycles. The molecule has 4 rings (SSSR count). The average Bonchev–Trinajstić information content (AvgIpc) is 2.83. The first-order valence-corrected chi connectivity index (χ1v) is 7.70. The van der Waals surface area contributed by atoms with Gasteiger partial charge in [-0.25, -0.2) is 9.37 Å². The normalized spacial score (nSPS) is 13.5. The molecule has 0 saturated carbocycles. The quantitative estimate of drug-likeness (QED) is 0.712. The van der Waals surface area contributed by atoms with Crippen molar-refractivity contribution in [2.45, 2.75) is 13.5 Å². The van der Waals surface area contributed by atoms with E-state index in [0.717, 1.165) is 16.9 Å². The number of halogens is 2. The highest BCUT2D eigenvalue weighted by molar-refractivity contribution is 6.31. The standard InChI is InChI=1S/C17H14ClFN2O2/c1-10-20-14-7-16-17(23-6-5-22-16)8-15(14)21(10)9-11-12(18)3-2-4-13(11)19/h2-4,7-8H,5-6,9H2,1H3. The Balaban J connectivity index is 1.85. The Morgan fingerprint density at radius 2 is 1.96 bits per heavy atom. The second-order valence-corrected chi connectivity index (χ2v) is 5.84. The Hall–Kier alpha value is -2.27. The summed E-state index contributed by atoms with van der Waals surface area (Å²) in [5, 5.41) is 0.406. The number of nitrogens with zero attached hydrogens (tertiary/aromatic N) is 2. The van der Waals surface area contributed by atoms with E-state index < -0.39 is 0 Å². The smallest absolute Gasteiger partial charge is 0.163 e. The van der Waals surface area contributed by atoms with Crippen molar-refractivity contribution in [3.63, 3.8) is 0 Å². The summed E-state index contributed by atoms with van der Waals surface area (Å²) in [6.07, 6.45) is 0. The molecule has 1 aliphatic heterocycles. The topological polar surface area (TPSA) is 36.3 Å². The maximum atomic E-state index is 14.1. The van der Waals surface area contributed by atoms with Gasteiger partial charge >= 0.3 is 0 Å². The van der Waals surface area contributed by atoms with Crippen LogP contribution in [0.15, 0.2) is 30.3 Å². The number of aryl methyl sites for hydroxylation is 1. The lowest BCUT2D eigenvalue weighted by atomic mass is 10.2. The van der Waals surface area contributed by atoms with Gasteiger partial charge in [0, 0.05) is 22.7 Å². The number of rotatable bonds is 2. The van der Waals surface area contributed by atoms with Gasteiger partial charge in [0.15, 0.2) is 11.5 Å². The fourth-order valence-corrected chi connectivity index (χ4v) is 3.05. The fraction of sp³-hybridized carbons (Fsp3) is 0.235. The van der Waals surface area contributed by atoms with Gasteiger partial charge in [0.25, 0.3) is 0 Å². The van der Waals surface area contributed by atoms with E-state index in [4.69, 9.17) is 21.1 Å². The zero-order valence-corrected chi connectivity index (χ0v) is 13.2. The van der Waals surface area contributed by atoms with Crippen LogP contribution in [0.5, 0.6) is 11.5 Å². The van der Waals surface area contributed by atoms with Gasteiger partial charge in [0.2, 0.25) is 0 Å². The molecule has 2 heterocycles. The molecule has 2 aromatic carbocycles. The van der Waals surface area contributed by atoms with Gasteiger partial charge in [0.05, 0.1) is 17.6 Å². The van der Waals surface area contributed by atoms with Crippen molar-refractivity contribution in [3.8, 4) is 11.5 Å². The van der Waals surface area contributed by atoms with Crippen LogP contribution >= 0.6 is 11.6 Å². The summed E-state index contributed by atoms with van der Waals surface area (Å²) in [5.41, 5.74) is 2.11. The van der Waals surface area contributed by atoms with Crippen molar-refractivity contribution in [1.82, 2.24) is 9.55 Å². The number of hydrogen-bond donors (Lipinski definition) is 0. The summed E-state index contributed by atoms with van der Waals surface area (Å²) in [6.45, 7) is 3.25. The zero-order valence-electron chi connectivity index (χ0n) is 12.5. The summed E-state index contributed by atoms with van der Waals surface area (Å²) < 4.78 is 27.2. The number of benzene rings is 2. The van der Waals surface area contributed by atoms with Gasteiger partial charge in [-0.3, -0.25) is 0 Å². The van der Waals surface area contributed by atoms with Crippen molar-refractivity contribution >= 4 is 22.6 Å². The third-order valence-electron chi connectivity index (χ3n) is 3.98. The van der Waals surface area contributed by atoms with E-state index >= 15 is 0 Å². The Kier molecular flexibility index (Phi) is 3.38. The molecule has 4 nitrogen and oxygen atoms in total. The molecule has 0 radical (unpaired) electrons. The molecule has 0 unspecified atom stereocenters.